The van der Waals surface area contributed by atoms with Gasteiger partial charge in [-0.15, -0.1) is 0 Å². The number of thioether (sulfide) groups is 1. The molecule has 0 amide bonds. The van der Waals surface area contributed by atoms with E-state index in [1.165, 1.54) is 12.1 Å². The fourth-order valence-electron chi connectivity index (χ4n) is 4.99. The molecular formula is C28H30N2O6S. The van der Waals surface area contributed by atoms with E-state index in [1.807, 2.05) is 31.2 Å². The average molecular weight is 523 g/mol. The van der Waals surface area contributed by atoms with Gasteiger partial charge in [0.2, 0.25) is 0 Å². The Kier molecular flexibility index (Phi) is 8.33. The number of ether oxygens (including phenoxy) is 2. The summed E-state index contributed by atoms with van der Waals surface area (Å²) in [7, 11) is 1.61. The lowest BCUT2D eigenvalue weighted by Gasteiger charge is -2.36. The Morgan fingerprint density at radius 2 is 1.92 bits per heavy atom. The van der Waals surface area contributed by atoms with Crippen LogP contribution in [-0.4, -0.2) is 41.9 Å². The molecule has 194 valence electrons. The summed E-state index contributed by atoms with van der Waals surface area (Å²) in [6.07, 6.45) is 0.846. The molecule has 0 aromatic heterocycles. The molecule has 0 saturated heterocycles. The van der Waals surface area contributed by atoms with Crippen molar-refractivity contribution in [3.8, 4) is 5.75 Å². The molecule has 0 saturated carbocycles. The van der Waals surface area contributed by atoms with Crippen LogP contribution in [0.4, 0.5) is 5.69 Å². The number of carbonyl (C=O) groups is 2. The van der Waals surface area contributed by atoms with Crippen molar-refractivity contribution in [3.63, 3.8) is 0 Å². The van der Waals surface area contributed by atoms with Gasteiger partial charge in [-0.3, -0.25) is 14.9 Å². The maximum atomic E-state index is 13.7. The number of benzene rings is 2. The first-order chi connectivity index (χ1) is 17.8. The number of nitrogens with zero attached hydrogens (tertiary/aromatic N) is 1. The number of esters is 1. The van der Waals surface area contributed by atoms with Crippen molar-refractivity contribution in [2.45, 2.75) is 38.5 Å². The van der Waals surface area contributed by atoms with E-state index in [0.717, 1.165) is 22.8 Å². The first-order valence-corrected chi connectivity index (χ1v) is 13.4. The van der Waals surface area contributed by atoms with Gasteiger partial charge in [0.05, 0.1) is 17.6 Å². The molecule has 0 radical (unpaired) electrons. The fourth-order valence-corrected chi connectivity index (χ4v) is 5.48. The van der Waals surface area contributed by atoms with E-state index in [2.05, 4.69) is 5.32 Å². The normalized spacial score (nSPS) is 19.3. The van der Waals surface area contributed by atoms with Crippen LogP contribution < -0.4 is 10.1 Å². The lowest BCUT2D eigenvalue weighted by molar-refractivity contribution is -0.384. The quantitative estimate of drug-likeness (QED) is 0.206. The monoisotopic (exact) mass is 522 g/mol. The third-order valence-corrected chi connectivity index (χ3v) is 7.58. The van der Waals surface area contributed by atoms with Gasteiger partial charge in [0.1, 0.15) is 12.4 Å². The number of carbonyl (C=O) groups excluding carboxylic acids is 2. The molecule has 0 spiro atoms. The smallest absolute Gasteiger partial charge is 0.336 e. The van der Waals surface area contributed by atoms with Crippen molar-refractivity contribution in [1.82, 2.24) is 5.32 Å². The Labute approximate surface area is 220 Å². The number of nitrogens with one attached hydrogen (secondary N) is 1. The fraction of sp³-hybridized carbons (Fsp3) is 0.357. The van der Waals surface area contributed by atoms with Crippen molar-refractivity contribution >= 4 is 29.2 Å². The van der Waals surface area contributed by atoms with Gasteiger partial charge in [-0.2, -0.15) is 11.8 Å². The molecule has 2 atom stereocenters. The highest BCUT2D eigenvalue weighted by Crippen LogP contribution is 2.46. The highest BCUT2D eigenvalue weighted by Gasteiger charge is 2.41. The third kappa shape index (κ3) is 5.72. The second-order valence-electron chi connectivity index (χ2n) is 8.98. The maximum Gasteiger partial charge on any atom is 0.336 e. The van der Waals surface area contributed by atoms with E-state index < -0.39 is 16.8 Å². The number of allylic oxidation sites excluding steroid dienone is 3. The summed E-state index contributed by atoms with van der Waals surface area (Å²) in [6.45, 7) is 4.06. The number of ketones is 1. The Balaban J connectivity index is 1.73. The molecule has 1 heterocycles. The largest absolute Gasteiger partial charge is 0.497 e. The van der Waals surface area contributed by atoms with Crippen LogP contribution in [0.5, 0.6) is 5.75 Å². The van der Waals surface area contributed by atoms with E-state index in [4.69, 9.17) is 9.47 Å². The van der Waals surface area contributed by atoms with Crippen LogP contribution in [0.1, 0.15) is 49.7 Å². The van der Waals surface area contributed by atoms with E-state index in [1.54, 1.807) is 37.9 Å². The topological polar surface area (TPSA) is 108 Å². The number of nitro benzene ring substituents is 1. The third-order valence-electron chi connectivity index (χ3n) is 6.71. The molecule has 8 nitrogen and oxygen atoms in total. The molecular weight excluding hydrogens is 492 g/mol. The predicted molar refractivity (Wildman–Crippen MR) is 143 cm³/mol. The van der Waals surface area contributed by atoms with Crippen molar-refractivity contribution in [3.05, 3.63) is 92.3 Å². The summed E-state index contributed by atoms with van der Waals surface area (Å²) in [5.41, 5.74) is 3.57. The van der Waals surface area contributed by atoms with Gasteiger partial charge in [-0.1, -0.05) is 31.2 Å². The number of Topliss-reactive ketones (excluding diaryl/α,β-unsaturated/α-hetero) is 1. The molecule has 1 aliphatic heterocycles. The SMILES string of the molecule is CCSCCOC(=O)C1=C(C)NC2=C(C(=O)CC(c3ccc(OC)cc3)C2)C1c1cccc([N+](=O)[O-])c1. The lowest BCUT2D eigenvalue weighted by Crippen LogP contribution is -2.36. The second kappa shape index (κ2) is 11.6. The predicted octanol–water partition coefficient (Wildman–Crippen LogP) is 5.26. The molecule has 4 rings (SSSR count). The van der Waals surface area contributed by atoms with Gasteiger partial charge in [0.15, 0.2) is 5.78 Å². The van der Waals surface area contributed by atoms with E-state index in [9.17, 15) is 19.7 Å². The van der Waals surface area contributed by atoms with Crippen LogP contribution in [0.25, 0.3) is 0 Å². The van der Waals surface area contributed by atoms with Crippen molar-refractivity contribution in [1.29, 1.82) is 0 Å². The Morgan fingerprint density at radius 3 is 2.59 bits per heavy atom. The molecule has 1 aliphatic carbocycles. The molecule has 2 aromatic rings. The summed E-state index contributed by atoms with van der Waals surface area (Å²) in [6, 6.07) is 13.8. The molecule has 37 heavy (non-hydrogen) atoms. The van der Waals surface area contributed by atoms with Gasteiger partial charge < -0.3 is 14.8 Å². The molecule has 0 fully saturated rings. The van der Waals surface area contributed by atoms with E-state index in [0.29, 0.717) is 34.6 Å². The summed E-state index contributed by atoms with van der Waals surface area (Å²) < 4.78 is 10.8. The zero-order valence-corrected chi connectivity index (χ0v) is 21.9. The molecule has 2 unspecified atom stereocenters. The van der Waals surface area contributed by atoms with E-state index in [-0.39, 0.29) is 30.4 Å². The Bertz CT molecular complexity index is 1270. The highest BCUT2D eigenvalue weighted by atomic mass is 32.2. The second-order valence-corrected chi connectivity index (χ2v) is 10.4. The zero-order chi connectivity index (χ0) is 26.5. The van der Waals surface area contributed by atoms with Gasteiger partial charge in [-0.05, 0) is 48.3 Å². The average Bonchev–Trinajstić information content (AvgIpc) is 2.90. The van der Waals surface area contributed by atoms with Crippen LogP contribution in [-0.2, 0) is 14.3 Å². The summed E-state index contributed by atoms with van der Waals surface area (Å²) >= 11 is 1.66. The van der Waals surface area contributed by atoms with Gasteiger partial charge in [-0.25, -0.2) is 4.79 Å². The number of non-ortho nitro benzene ring substituents is 1. The number of hydrogen-bond donors (Lipinski definition) is 1. The first kappa shape index (κ1) is 26.5. The van der Waals surface area contributed by atoms with Crippen LogP contribution in [0.3, 0.4) is 0 Å². The minimum Gasteiger partial charge on any atom is -0.497 e. The lowest BCUT2D eigenvalue weighted by atomic mass is 9.71. The summed E-state index contributed by atoms with van der Waals surface area (Å²) in [5.74, 6) is 0.929. The molecule has 0 bridgehead atoms. The maximum absolute atomic E-state index is 13.7. The highest BCUT2D eigenvalue weighted by molar-refractivity contribution is 7.99. The summed E-state index contributed by atoms with van der Waals surface area (Å²) in [4.78, 5) is 38.0. The number of nitro groups is 1. The number of rotatable bonds is 9. The van der Waals surface area contributed by atoms with Crippen molar-refractivity contribution in [2.24, 2.45) is 0 Å². The first-order valence-electron chi connectivity index (χ1n) is 12.2. The Morgan fingerprint density at radius 1 is 1.16 bits per heavy atom. The Hall–Kier alpha value is -3.59. The molecule has 2 aliphatic rings. The number of dihydropyridines is 1. The van der Waals surface area contributed by atoms with E-state index >= 15 is 0 Å². The van der Waals surface area contributed by atoms with Gasteiger partial charge >= 0.3 is 5.97 Å². The van der Waals surface area contributed by atoms with Crippen molar-refractivity contribution in [2.75, 3.05) is 25.2 Å². The summed E-state index contributed by atoms with van der Waals surface area (Å²) in [5, 5.41) is 14.8. The van der Waals surface area contributed by atoms with Gasteiger partial charge in [0.25, 0.3) is 5.69 Å². The number of hydrogen-bond acceptors (Lipinski definition) is 8. The molecule has 2 aromatic carbocycles. The standard InChI is InChI=1S/C28H30N2O6S/c1-4-37-13-12-36-28(32)25-17(2)29-23-15-20(18-8-10-22(35-3)11-9-18)16-24(31)27(23)26(25)19-6-5-7-21(14-19)30(33)34/h5-11,14,20,26,29H,4,12-13,15-16H2,1-3H3. The minimum atomic E-state index is -0.744. The number of methoxy groups -OCH3 is 1. The van der Waals surface area contributed by atoms with Crippen LogP contribution in [0, 0.1) is 10.1 Å². The molecule has 9 heteroatoms. The minimum absolute atomic E-state index is 0.0391. The zero-order valence-electron chi connectivity index (χ0n) is 21.1. The molecule has 1 N–H and O–H groups in total. The van der Waals surface area contributed by atoms with Crippen molar-refractivity contribution < 1.29 is 24.0 Å². The van der Waals surface area contributed by atoms with Gasteiger partial charge in [0, 0.05) is 47.2 Å². The van der Waals surface area contributed by atoms with Crippen LogP contribution >= 0.6 is 11.8 Å². The van der Waals surface area contributed by atoms with Crippen LogP contribution in [0.15, 0.2) is 71.1 Å². The van der Waals surface area contributed by atoms with Crippen LogP contribution in [0.2, 0.25) is 0 Å².